The lowest BCUT2D eigenvalue weighted by atomic mass is 9.94. The first-order valence-electron chi connectivity index (χ1n) is 7.78. The van der Waals surface area contributed by atoms with E-state index in [0.717, 1.165) is 6.42 Å². The Labute approximate surface area is 124 Å². The molecule has 0 spiro atoms. The number of carboxylic acid groups (broad SMARTS) is 1. The number of nitrogens with zero attached hydrogens (tertiary/aromatic N) is 2. The van der Waals surface area contributed by atoms with E-state index in [1.165, 1.54) is 0 Å². The lowest BCUT2D eigenvalue weighted by molar-refractivity contribution is -0.150. The summed E-state index contributed by atoms with van der Waals surface area (Å²) >= 11 is 0. The standard InChI is InChI=1S/C15H22N2O4/c1-9-6-11(12(7-9)15(20)21)14(19)16-4-5-17-10(8-16)2-3-13(17)18/h9-12H,2-8H2,1H3,(H,20,21)/t9?,10?,11-,12+/m0/s1. The summed E-state index contributed by atoms with van der Waals surface area (Å²) in [4.78, 5) is 39.4. The van der Waals surface area contributed by atoms with Crippen LogP contribution in [0, 0.1) is 17.8 Å². The smallest absolute Gasteiger partial charge is 0.307 e. The Balaban J connectivity index is 1.68. The highest BCUT2D eigenvalue weighted by molar-refractivity contribution is 5.86. The van der Waals surface area contributed by atoms with E-state index in [1.54, 1.807) is 4.90 Å². The van der Waals surface area contributed by atoms with Crippen molar-refractivity contribution < 1.29 is 19.5 Å². The van der Waals surface area contributed by atoms with Crippen LogP contribution >= 0.6 is 0 Å². The summed E-state index contributed by atoms with van der Waals surface area (Å²) in [6.07, 6.45) is 2.64. The van der Waals surface area contributed by atoms with Crippen molar-refractivity contribution in [1.82, 2.24) is 9.80 Å². The molecule has 0 bridgehead atoms. The van der Waals surface area contributed by atoms with Gasteiger partial charge < -0.3 is 14.9 Å². The maximum Gasteiger partial charge on any atom is 0.307 e. The average Bonchev–Trinajstić information content (AvgIpc) is 3.01. The van der Waals surface area contributed by atoms with Gasteiger partial charge in [0.25, 0.3) is 0 Å². The Morgan fingerprint density at radius 2 is 1.90 bits per heavy atom. The minimum Gasteiger partial charge on any atom is -0.481 e. The number of carboxylic acids is 1. The van der Waals surface area contributed by atoms with Crippen LogP contribution in [0.15, 0.2) is 0 Å². The lowest BCUT2D eigenvalue weighted by Gasteiger charge is -2.39. The molecule has 1 N–H and O–H groups in total. The molecule has 6 heteroatoms. The molecule has 116 valence electrons. The summed E-state index contributed by atoms with van der Waals surface area (Å²) in [5, 5.41) is 9.31. The zero-order valence-electron chi connectivity index (χ0n) is 12.3. The van der Waals surface area contributed by atoms with Crippen molar-refractivity contribution in [3.8, 4) is 0 Å². The van der Waals surface area contributed by atoms with Crippen molar-refractivity contribution in [2.45, 2.75) is 38.6 Å². The van der Waals surface area contributed by atoms with E-state index in [2.05, 4.69) is 0 Å². The molecule has 21 heavy (non-hydrogen) atoms. The molecule has 0 aromatic rings. The zero-order chi connectivity index (χ0) is 15.1. The van der Waals surface area contributed by atoms with Gasteiger partial charge in [-0.15, -0.1) is 0 Å². The second-order valence-corrected chi connectivity index (χ2v) is 6.69. The van der Waals surface area contributed by atoms with Crippen LogP contribution in [-0.2, 0) is 14.4 Å². The Kier molecular flexibility index (Phi) is 3.63. The van der Waals surface area contributed by atoms with E-state index in [-0.39, 0.29) is 29.7 Å². The molecule has 2 unspecified atom stereocenters. The SMILES string of the molecule is CC1C[C@H](C(=O)N2CCN3C(=O)CCC3C2)[C@H](C(=O)O)C1. The van der Waals surface area contributed by atoms with Crippen LogP contribution in [0.25, 0.3) is 0 Å². The van der Waals surface area contributed by atoms with Crippen molar-refractivity contribution in [1.29, 1.82) is 0 Å². The van der Waals surface area contributed by atoms with Gasteiger partial charge in [0.15, 0.2) is 0 Å². The number of piperazine rings is 1. The molecule has 2 aliphatic heterocycles. The highest BCUT2D eigenvalue weighted by Crippen LogP contribution is 2.38. The Morgan fingerprint density at radius 3 is 2.62 bits per heavy atom. The van der Waals surface area contributed by atoms with Crippen LogP contribution in [0.2, 0.25) is 0 Å². The lowest BCUT2D eigenvalue weighted by Crippen LogP contribution is -2.54. The fraction of sp³-hybridized carbons (Fsp3) is 0.800. The van der Waals surface area contributed by atoms with Gasteiger partial charge in [-0.1, -0.05) is 6.92 Å². The van der Waals surface area contributed by atoms with Gasteiger partial charge in [-0.2, -0.15) is 0 Å². The number of hydrogen-bond donors (Lipinski definition) is 1. The van der Waals surface area contributed by atoms with Gasteiger partial charge >= 0.3 is 5.97 Å². The predicted octanol–water partition coefficient (Wildman–Crippen LogP) is 0.566. The van der Waals surface area contributed by atoms with Crippen LogP contribution in [0.1, 0.15) is 32.6 Å². The second-order valence-electron chi connectivity index (χ2n) is 6.69. The molecule has 3 aliphatic rings. The fourth-order valence-corrected chi connectivity index (χ4v) is 4.14. The number of aliphatic carboxylic acids is 1. The van der Waals surface area contributed by atoms with Crippen molar-refractivity contribution in [2.75, 3.05) is 19.6 Å². The summed E-state index contributed by atoms with van der Waals surface area (Å²) in [5.41, 5.74) is 0. The van der Waals surface area contributed by atoms with Crippen molar-refractivity contribution in [3.63, 3.8) is 0 Å². The summed E-state index contributed by atoms with van der Waals surface area (Å²) < 4.78 is 0. The molecule has 0 radical (unpaired) electrons. The molecule has 0 aromatic carbocycles. The predicted molar refractivity (Wildman–Crippen MR) is 74.3 cm³/mol. The van der Waals surface area contributed by atoms with Crippen LogP contribution in [0.5, 0.6) is 0 Å². The third kappa shape index (κ3) is 2.51. The Morgan fingerprint density at radius 1 is 1.19 bits per heavy atom. The van der Waals surface area contributed by atoms with E-state index < -0.39 is 11.9 Å². The van der Waals surface area contributed by atoms with E-state index in [0.29, 0.717) is 38.9 Å². The van der Waals surface area contributed by atoms with Gasteiger partial charge in [0.05, 0.1) is 11.8 Å². The maximum absolute atomic E-state index is 12.7. The van der Waals surface area contributed by atoms with Gasteiger partial charge in [-0.25, -0.2) is 0 Å². The van der Waals surface area contributed by atoms with E-state index in [9.17, 15) is 19.5 Å². The number of fused-ring (bicyclic) bond motifs is 1. The first-order chi connectivity index (χ1) is 9.97. The summed E-state index contributed by atoms with van der Waals surface area (Å²) in [5.74, 6) is -1.34. The molecular formula is C15H22N2O4. The van der Waals surface area contributed by atoms with Gasteiger partial charge in [0.2, 0.25) is 11.8 Å². The third-order valence-electron chi connectivity index (χ3n) is 5.24. The topological polar surface area (TPSA) is 77.9 Å². The molecule has 2 heterocycles. The largest absolute Gasteiger partial charge is 0.481 e. The van der Waals surface area contributed by atoms with Gasteiger partial charge in [-0.05, 0) is 25.2 Å². The first-order valence-corrected chi connectivity index (χ1v) is 7.78. The molecule has 0 aromatic heterocycles. The number of carbonyl (C=O) groups excluding carboxylic acids is 2. The van der Waals surface area contributed by atoms with Crippen LogP contribution in [0.4, 0.5) is 0 Å². The number of amides is 2. The molecular weight excluding hydrogens is 272 g/mol. The zero-order valence-corrected chi connectivity index (χ0v) is 12.3. The minimum absolute atomic E-state index is 0.0225. The first kappa shape index (κ1) is 14.4. The Bertz CT molecular complexity index is 478. The van der Waals surface area contributed by atoms with Gasteiger partial charge in [0.1, 0.15) is 0 Å². The highest BCUT2D eigenvalue weighted by atomic mass is 16.4. The minimum atomic E-state index is -0.854. The number of hydrogen-bond acceptors (Lipinski definition) is 3. The highest BCUT2D eigenvalue weighted by Gasteiger charge is 2.45. The quantitative estimate of drug-likeness (QED) is 0.807. The second kappa shape index (κ2) is 5.31. The third-order valence-corrected chi connectivity index (χ3v) is 5.24. The van der Waals surface area contributed by atoms with E-state index >= 15 is 0 Å². The van der Waals surface area contributed by atoms with Crippen molar-refractivity contribution >= 4 is 17.8 Å². The van der Waals surface area contributed by atoms with Crippen LogP contribution in [0.3, 0.4) is 0 Å². The molecule has 3 fully saturated rings. The van der Waals surface area contributed by atoms with E-state index in [4.69, 9.17) is 0 Å². The fourth-order valence-electron chi connectivity index (χ4n) is 4.14. The number of rotatable bonds is 2. The molecule has 2 saturated heterocycles. The summed E-state index contributed by atoms with van der Waals surface area (Å²) in [7, 11) is 0. The normalized spacial score (nSPS) is 36.0. The average molecular weight is 294 g/mol. The summed E-state index contributed by atoms with van der Waals surface area (Å²) in [6.45, 7) is 3.71. The van der Waals surface area contributed by atoms with Gasteiger partial charge in [-0.3, -0.25) is 14.4 Å². The van der Waals surface area contributed by atoms with Gasteiger partial charge in [0, 0.05) is 32.1 Å². The summed E-state index contributed by atoms with van der Waals surface area (Å²) in [6, 6.07) is 0.136. The molecule has 3 rings (SSSR count). The Hall–Kier alpha value is -1.59. The molecule has 6 nitrogen and oxygen atoms in total. The molecule has 2 amide bonds. The van der Waals surface area contributed by atoms with Crippen molar-refractivity contribution in [3.05, 3.63) is 0 Å². The monoisotopic (exact) mass is 294 g/mol. The molecule has 1 saturated carbocycles. The molecule has 1 aliphatic carbocycles. The van der Waals surface area contributed by atoms with Crippen LogP contribution < -0.4 is 0 Å². The van der Waals surface area contributed by atoms with Crippen LogP contribution in [-0.4, -0.2) is 58.4 Å². The molecule has 4 atom stereocenters. The number of carbonyl (C=O) groups is 3. The van der Waals surface area contributed by atoms with E-state index in [1.807, 2.05) is 11.8 Å². The van der Waals surface area contributed by atoms with Crippen molar-refractivity contribution in [2.24, 2.45) is 17.8 Å². The maximum atomic E-state index is 12.7.